The standard InChI is InChI=1S/C10H12N4O2S/c1-15-6-3-4-7(8(5-6)16-2)14-9(11)12-13-10(14)17/h3-5H,1-2H3,(H2,11,12)(H,13,17). The van der Waals surface area contributed by atoms with E-state index in [1.807, 2.05) is 0 Å². The molecule has 3 N–H and O–H groups in total. The number of methoxy groups -OCH3 is 2. The Bertz CT molecular complexity index is 590. The van der Waals surface area contributed by atoms with Gasteiger partial charge in [-0.2, -0.15) is 0 Å². The maximum atomic E-state index is 5.73. The number of rotatable bonds is 3. The summed E-state index contributed by atoms with van der Waals surface area (Å²) in [7, 11) is 3.16. The summed E-state index contributed by atoms with van der Waals surface area (Å²) in [5.74, 6) is 1.58. The van der Waals surface area contributed by atoms with Crippen LogP contribution in [0.1, 0.15) is 0 Å². The number of hydrogen-bond donors (Lipinski definition) is 2. The van der Waals surface area contributed by atoms with Gasteiger partial charge in [-0.25, -0.2) is 5.10 Å². The van der Waals surface area contributed by atoms with Gasteiger partial charge in [0.25, 0.3) is 0 Å². The summed E-state index contributed by atoms with van der Waals surface area (Å²) in [6.07, 6.45) is 0. The number of ether oxygens (including phenoxy) is 2. The van der Waals surface area contributed by atoms with Gasteiger partial charge in [0, 0.05) is 6.07 Å². The minimum atomic E-state index is 0.276. The van der Waals surface area contributed by atoms with Gasteiger partial charge in [-0.1, -0.05) is 0 Å². The monoisotopic (exact) mass is 252 g/mol. The average molecular weight is 252 g/mol. The van der Waals surface area contributed by atoms with Crippen molar-refractivity contribution in [3.8, 4) is 17.2 Å². The average Bonchev–Trinajstić information content (AvgIpc) is 2.68. The number of hydrogen-bond acceptors (Lipinski definition) is 5. The van der Waals surface area contributed by atoms with E-state index in [4.69, 9.17) is 27.4 Å². The topological polar surface area (TPSA) is 78.1 Å². The van der Waals surface area contributed by atoms with Gasteiger partial charge in [-0.05, 0) is 24.4 Å². The van der Waals surface area contributed by atoms with Crippen LogP contribution in [0.15, 0.2) is 18.2 Å². The lowest BCUT2D eigenvalue weighted by atomic mass is 10.2. The molecule has 90 valence electrons. The van der Waals surface area contributed by atoms with Gasteiger partial charge in [-0.3, -0.25) is 4.57 Å². The Morgan fingerprint density at radius 1 is 1.35 bits per heavy atom. The molecule has 0 saturated carbocycles. The van der Waals surface area contributed by atoms with E-state index in [0.717, 1.165) is 0 Å². The van der Waals surface area contributed by atoms with Crippen LogP contribution in [0.2, 0.25) is 0 Å². The number of nitrogens with zero attached hydrogens (tertiary/aromatic N) is 2. The highest BCUT2D eigenvalue weighted by atomic mass is 32.1. The quantitative estimate of drug-likeness (QED) is 0.810. The molecule has 2 aromatic rings. The number of benzene rings is 1. The van der Waals surface area contributed by atoms with E-state index in [1.165, 1.54) is 0 Å². The predicted octanol–water partition coefficient (Wildman–Crippen LogP) is 1.53. The first kappa shape index (κ1) is 11.5. The fourth-order valence-electron chi connectivity index (χ4n) is 1.51. The third-order valence-electron chi connectivity index (χ3n) is 2.33. The third-order valence-corrected chi connectivity index (χ3v) is 2.60. The van der Waals surface area contributed by atoms with Crippen LogP contribution in [0.5, 0.6) is 11.5 Å². The van der Waals surface area contributed by atoms with E-state index in [9.17, 15) is 0 Å². The van der Waals surface area contributed by atoms with Crippen LogP contribution < -0.4 is 15.2 Å². The number of nitrogen functional groups attached to an aromatic ring is 1. The van der Waals surface area contributed by atoms with Crippen molar-refractivity contribution in [1.82, 2.24) is 14.8 Å². The molecule has 1 aromatic carbocycles. The van der Waals surface area contributed by atoms with Crippen molar-refractivity contribution < 1.29 is 9.47 Å². The largest absolute Gasteiger partial charge is 0.497 e. The van der Waals surface area contributed by atoms with Crippen molar-refractivity contribution in [2.75, 3.05) is 20.0 Å². The van der Waals surface area contributed by atoms with Gasteiger partial charge in [0.1, 0.15) is 11.5 Å². The maximum absolute atomic E-state index is 5.73. The van der Waals surface area contributed by atoms with Crippen LogP contribution in [0, 0.1) is 4.77 Å². The maximum Gasteiger partial charge on any atom is 0.225 e. The van der Waals surface area contributed by atoms with Crippen LogP contribution in [0.25, 0.3) is 5.69 Å². The number of nitrogens with one attached hydrogen (secondary N) is 1. The number of anilines is 1. The fourth-order valence-corrected chi connectivity index (χ4v) is 1.75. The Hall–Kier alpha value is -2.02. The van der Waals surface area contributed by atoms with Gasteiger partial charge in [-0.15, -0.1) is 5.10 Å². The molecule has 0 amide bonds. The normalized spacial score (nSPS) is 10.2. The molecule has 17 heavy (non-hydrogen) atoms. The highest BCUT2D eigenvalue weighted by Gasteiger charge is 2.11. The smallest absolute Gasteiger partial charge is 0.225 e. The zero-order valence-corrected chi connectivity index (χ0v) is 10.2. The molecule has 2 rings (SSSR count). The Balaban J connectivity index is 2.63. The molecule has 0 atom stereocenters. The van der Waals surface area contributed by atoms with E-state index in [2.05, 4.69) is 10.2 Å². The lowest BCUT2D eigenvalue weighted by molar-refractivity contribution is 0.393. The van der Waals surface area contributed by atoms with Crippen molar-refractivity contribution in [2.45, 2.75) is 0 Å². The van der Waals surface area contributed by atoms with Gasteiger partial charge >= 0.3 is 0 Å². The molecule has 0 unspecified atom stereocenters. The summed E-state index contributed by atoms with van der Waals surface area (Å²) in [6.45, 7) is 0. The van der Waals surface area contributed by atoms with Gasteiger partial charge in [0.05, 0.1) is 19.9 Å². The zero-order chi connectivity index (χ0) is 12.4. The van der Waals surface area contributed by atoms with Gasteiger partial charge < -0.3 is 15.2 Å². The molecule has 0 saturated heterocycles. The summed E-state index contributed by atoms with van der Waals surface area (Å²) < 4.78 is 12.4. The van der Waals surface area contributed by atoms with Crippen LogP contribution in [-0.4, -0.2) is 29.0 Å². The van der Waals surface area contributed by atoms with Crippen LogP contribution in [0.4, 0.5) is 5.95 Å². The highest BCUT2D eigenvalue weighted by Crippen LogP contribution is 2.28. The number of H-pyrrole nitrogens is 1. The SMILES string of the molecule is COc1ccc(-n2c(N)n[nH]c2=S)c(OC)c1. The number of aromatic nitrogens is 3. The van der Waals surface area contributed by atoms with Crippen molar-refractivity contribution in [2.24, 2.45) is 0 Å². The lowest BCUT2D eigenvalue weighted by Crippen LogP contribution is -2.03. The summed E-state index contributed by atoms with van der Waals surface area (Å²) in [5.41, 5.74) is 6.45. The second kappa shape index (κ2) is 4.46. The van der Waals surface area contributed by atoms with Crippen molar-refractivity contribution in [3.63, 3.8) is 0 Å². The Morgan fingerprint density at radius 3 is 2.65 bits per heavy atom. The minimum absolute atomic E-state index is 0.276. The second-order valence-electron chi connectivity index (χ2n) is 3.26. The number of nitrogens with two attached hydrogens (primary N) is 1. The molecule has 6 nitrogen and oxygen atoms in total. The van der Waals surface area contributed by atoms with Gasteiger partial charge in [0.15, 0.2) is 0 Å². The Morgan fingerprint density at radius 2 is 2.12 bits per heavy atom. The van der Waals surface area contributed by atoms with E-state index in [-0.39, 0.29) is 5.95 Å². The van der Waals surface area contributed by atoms with E-state index in [1.54, 1.807) is 37.0 Å². The van der Waals surface area contributed by atoms with Crippen LogP contribution >= 0.6 is 12.2 Å². The van der Waals surface area contributed by atoms with Gasteiger partial charge in [0.2, 0.25) is 10.7 Å². The first-order valence-electron chi connectivity index (χ1n) is 4.82. The molecule has 0 radical (unpaired) electrons. The zero-order valence-electron chi connectivity index (χ0n) is 9.43. The van der Waals surface area contributed by atoms with E-state index < -0.39 is 0 Å². The molecule has 0 aliphatic carbocycles. The predicted molar refractivity (Wildman–Crippen MR) is 66.3 cm³/mol. The Labute approximate surface area is 103 Å². The molecular weight excluding hydrogens is 240 g/mol. The van der Waals surface area contributed by atoms with E-state index in [0.29, 0.717) is 22.0 Å². The minimum Gasteiger partial charge on any atom is -0.497 e. The molecule has 0 aliphatic heterocycles. The van der Waals surface area contributed by atoms with E-state index >= 15 is 0 Å². The summed E-state index contributed by atoms with van der Waals surface area (Å²) in [6, 6.07) is 5.36. The summed E-state index contributed by atoms with van der Waals surface area (Å²) in [4.78, 5) is 0. The first-order valence-corrected chi connectivity index (χ1v) is 5.23. The molecule has 0 fully saturated rings. The number of aromatic amines is 1. The molecule has 0 bridgehead atoms. The fraction of sp³-hybridized carbons (Fsp3) is 0.200. The molecular formula is C10H12N4O2S. The lowest BCUT2D eigenvalue weighted by Gasteiger charge is -2.11. The third kappa shape index (κ3) is 1.96. The molecule has 7 heteroatoms. The van der Waals surface area contributed by atoms with Crippen molar-refractivity contribution in [1.29, 1.82) is 0 Å². The summed E-state index contributed by atoms with van der Waals surface area (Å²) >= 11 is 5.10. The highest BCUT2D eigenvalue weighted by molar-refractivity contribution is 7.71. The van der Waals surface area contributed by atoms with Crippen molar-refractivity contribution >= 4 is 18.2 Å². The second-order valence-corrected chi connectivity index (χ2v) is 3.65. The summed E-state index contributed by atoms with van der Waals surface area (Å²) in [5, 5.41) is 6.47. The van der Waals surface area contributed by atoms with Crippen LogP contribution in [0.3, 0.4) is 0 Å². The molecule has 0 spiro atoms. The first-order chi connectivity index (χ1) is 8.17. The molecule has 1 aromatic heterocycles. The van der Waals surface area contributed by atoms with Crippen molar-refractivity contribution in [3.05, 3.63) is 23.0 Å². The van der Waals surface area contributed by atoms with Crippen LogP contribution in [-0.2, 0) is 0 Å². The molecule has 0 aliphatic rings. The molecule has 1 heterocycles. The Kier molecular flexibility index (Phi) is 3.01.